The van der Waals surface area contributed by atoms with Gasteiger partial charge in [-0.2, -0.15) is 0 Å². The number of piperidine rings is 1. The molecule has 0 saturated carbocycles. The van der Waals surface area contributed by atoms with Gasteiger partial charge in [-0.15, -0.1) is 11.8 Å². The number of likely N-dealkylation sites (tertiary alicyclic amines) is 1. The van der Waals surface area contributed by atoms with E-state index >= 15 is 0 Å². The molecule has 0 bridgehead atoms. The minimum absolute atomic E-state index is 0.0469. The summed E-state index contributed by atoms with van der Waals surface area (Å²) in [6, 6.07) is 13.7. The summed E-state index contributed by atoms with van der Waals surface area (Å²) in [5, 5.41) is 0. The number of carbonyl (C=O) groups is 3. The van der Waals surface area contributed by atoms with Crippen molar-refractivity contribution in [3.05, 3.63) is 59.2 Å². The molecule has 1 saturated heterocycles. The number of hydrogen-bond donors (Lipinski definition) is 0. The van der Waals surface area contributed by atoms with Crippen molar-refractivity contribution in [1.29, 1.82) is 0 Å². The maximum absolute atomic E-state index is 13.2. The molecule has 0 unspecified atom stereocenters. The average Bonchev–Trinajstić information content (AvgIpc) is 2.81. The Balaban J connectivity index is 1.52. The first-order valence-electron chi connectivity index (χ1n) is 11.1. The third-order valence-corrected chi connectivity index (χ3v) is 7.19. The zero-order valence-corrected chi connectivity index (χ0v) is 19.3. The Hall–Kier alpha value is -2.80. The van der Waals surface area contributed by atoms with Crippen molar-refractivity contribution in [3.63, 3.8) is 0 Å². The highest BCUT2D eigenvalue weighted by Crippen LogP contribution is 2.37. The van der Waals surface area contributed by atoms with Crippen LogP contribution in [-0.2, 0) is 20.9 Å². The highest BCUT2D eigenvalue weighted by molar-refractivity contribution is 8.00. The molecule has 2 aromatic carbocycles. The van der Waals surface area contributed by atoms with E-state index < -0.39 is 0 Å². The van der Waals surface area contributed by atoms with Crippen LogP contribution in [0.2, 0.25) is 0 Å². The van der Waals surface area contributed by atoms with Crippen molar-refractivity contribution in [2.24, 2.45) is 5.92 Å². The quantitative estimate of drug-likeness (QED) is 0.641. The normalized spacial score (nSPS) is 16.6. The van der Waals surface area contributed by atoms with Gasteiger partial charge < -0.3 is 14.5 Å². The fourth-order valence-corrected chi connectivity index (χ4v) is 5.14. The molecule has 0 atom stereocenters. The Kier molecular flexibility index (Phi) is 6.84. The fourth-order valence-electron chi connectivity index (χ4n) is 4.23. The summed E-state index contributed by atoms with van der Waals surface area (Å²) < 4.78 is 5.12. The van der Waals surface area contributed by atoms with Gasteiger partial charge >= 0.3 is 5.97 Å². The highest BCUT2D eigenvalue weighted by atomic mass is 32.2. The number of ether oxygens (including phenoxy) is 1. The number of anilines is 1. The van der Waals surface area contributed by atoms with Crippen LogP contribution in [0.25, 0.3) is 0 Å². The Morgan fingerprint density at radius 3 is 2.59 bits per heavy atom. The van der Waals surface area contributed by atoms with Gasteiger partial charge in [-0.25, -0.2) is 0 Å². The SMILES string of the molecule is CCOC(=O)C1CCN(C(=O)c2ccc3c(c2)N(Cc2ccccc2C)C(=O)CS3)CC1. The topological polar surface area (TPSA) is 66.9 Å². The van der Waals surface area contributed by atoms with Crippen molar-refractivity contribution in [3.8, 4) is 0 Å². The summed E-state index contributed by atoms with van der Waals surface area (Å²) in [6.45, 7) is 5.77. The summed E-state index contributed by atoms with van der Waals surface area (Å²) in [7, 11) is 0. The molecular formula is C25H28N2O4S. The first-order chi connectivity index (χ1) is 15.5. The Morgan fingerprint density at radius 2 is 1.88 bits per heavy atom. The van der Waals surface area contributed by atoms with Crippen LogP contribution in [0.1, 0.15) is 41.3 Å². The summed E-state index contributed by atoms with van der Waals surface area (Å²) in [4.78, 5) is 42.5. The largest absolute Gasteiger partial charge is 0.466 e. The molecule has 4 rings (SSSR count). The lowest BCUT2D eigenvalue weighted by Crippen LogP contribution is -2.41. The Bertz CT molecular complexity index is 1030. The third kappa shape index (κ3) is 4.67. The van der Waals surface area contributed by atoms with Crippen LogP contribution in [0.3, 0.4) is 0 Å². The van der Waals surface area contributed by atoms with Crippen molar-refractivity contribution in [2.45, 2.75) is 38.1 Å². The van der Waals surface area contributed by atoms with E-state index in [9.17, 15) is 14.4 Å². The van der Waals surface area contributed by atoms with Crippen LogP contribution in [0.15, 0.2) is 47.4 Å². The standard InChI is InChI=1S/C25H28N2O4S/c1-3-31-25(30)18-10-12-26(13-11-18)24(29)19-8-9-22-21(14-19)27(23(28)16-32-22)15-20-7-5-4-6-17(20)2/h4-9,14,18H,3,10-13,15-16H2,1-2H3. The molecular weight excluding hydrogens is 424 g/mol. The van der Waals surface area contributed by atoms with Crippen LogP contribution in [0.5, 0.6) is 0 Å². The van der Waals surface area contributed by atoms with E-state index in [1.807, 2.05) is 49.4 Å². The number of carbonyl (C=O) groups excluding carboxylic acids is 3. The molecule has 2 aliphatic heterocycles. The third-order valence-electron chi connectivity index (χ3n) is 6.14. The van der Waals surface area contributed by atoms with Crippen molar-refractivity contribution < 1.29 is 19.1 Å². The molecule has 32 heavy (non-hydrogen) atoms. The van der Waals surface area contributed by atoms with E-state index in [0.717, 1.165) is 21.7 Å². The van der Waals surface area contributed by atoms with Crippen molar-refractivity contribution in [1.82, 2.24) is 4.90 Å². The molecule has 0 N–H and O–H groups in total. The lowest BCUT2D eigenvalue weighted by molar-refractivity contribution is -0.149. The smallest absolute Gasteiger partial charge is 0.309 e. The molecule has 0 aliphatic carbocycles. The number of thioether (sulfide) groups is 1. The predicted molar refractivity (Wildman–Crippen MR) is 125 cm³/mol. The average molecular weight is 453 g/mol. The molecule has 6 nitrogen and oxygen atoms in total. The molecule has 0 spiro atoms. The number of nitrogens with zero attached hydrogens (tertiary/aromatic N) is 2. The van der Waals surface area contributed by atoms with Gasteiger partial charge in [0, 0.05) is 23.5 Å². The van der Waals surface area contributed by atoms with Gasteiger partial charge in [0.1, 0.15) is 0 Å². The number of benzene rings is 2. The molecule has 0 aromatic heterocycles. The molecule has 7 heteroatoms. The number of fused-ring (bicyclic) bond motifs is 1. The van der Waals surface area contributed by atoms with Crippen molar-refractivity contribution >= 4 is 35.2 Å². The summed E-state index contributed by atoms with van der Waals surface area (Å²) in [6.07, 6.45) is 1.23. The maximum Gasteiger partial charge on any atom is 0.309 e. The number of amides is 2. The second-order valence-electron chi connectivity index (χ2n) is 8.20. The van der Waals surface area contributed by atoms with Gasteiger partial charge in [-0.3, -0.25) is 14.4 Å². The summed E-state index contributed by atoms with van der Waals surface area (Å²) in [5.41, 5.74) is 3.60. The molecule has 2 amide bonds. The lowest BCUT2D eigenvalue weighted by Gasteiger charge is -2.32. The zero-order chi connectivity index (χ0) is 22.7. The van der Waals surface area contributed by atoms with Crippen molar-refractivity contribution in [2.75, 3.05) is 30.3 Å². The summed E-state index contributed by atoms with van der Waals surface area (Å²) in [5.74, 6) is 0.0737. The van der Waals surface area contributed by atoms with E-state index in [-0.39, 0.29) is 23.7 Å². The summed E-state index contributed by atoms with van der Waals surface area (Å²) >= 11 is 1.51. The van der Waals surface area contributed by atoms with Crippen LogP contribution in [-0.4, -0.2) is 48.1 Å². The van der Waals surface area contributed by atoms with E-state index in [2.05, 4.69) is 0 Å². The van der Waals surface area contributed by atoms with Gasteiger partial charge in [0.2, 0.25) is 5.91 Å². The Morgan fingerprint density at radius 1 is 1.12 bits per heavy atom. The minimum Gasteiger partial charge on any atom is -0.466 e. The first kappa shape index (κ1) is 22.4. The minimum atomic E-state index is -0.171. The van der Waals surface area contributed by atoms with Crippen LogP contribution in [0.4, 0.5) is 5.69 Å². The predicted octanol–water partition coefficient (Wildman–Crippen LogP) is 4.05. The van der Waals surface area contributed by atoms with Crippen LogP contribution < -0.4 is 4.90 Å². The molecule has 1 fully saturated rings. The maximum atomic E-state index is 13.2. The second kappa shape index (κ2) is 9.77. The Labute approximate surface area is 192 Å². The van der Waals surface area contributed by atoms with Crippen LogP contribution in [0, 0.1) is 12.8 Å². The van der Waals surface area contributed by atoms with E-state index in [0.29, 0.717) is 50.4 Å². The van der Waals surface area contributed by atoms with E-state index in [1.165, 1.54) is 11.8 Å². The zero-order valence-electron chi connectivity index (χ0n) is 18.5. The van der Waals surface area contributed by atoms with E-state index in [1.54, 1.807) is 16.7 Å². The first-order valence-corrected chi connectivity index (χ1v) is 12.0. The van der Waals surface area contributed by atoms with Gasteiger partial charge in [0.15, 0.2) is 0 Å². The van der Waals surface area contributed by atoms with E-state index in [4.69, 9.17) is 4.74 Å². The number of hydrogen-bond acceptors (Lipinski definition) is 5. The van der Waals surface area contributed by atoms with Gasteiger partial charge in [0.05, 0.1) is 30.5 Å². The highest BCUT2D eigenvalue weighted by Gasteiger charge is 2.30. The molecule has 0 radical (unpaired) electrons. The lowest BCUT2D eigenvalue weighted by atomic mass is 9.96. The van der Waals surface area contributed by atoms with Gasteiger partial charge in [-0.1, -0.05) is 24.3 Å². The monoisotopic (exact) mass is 452 g/mol. The van der Waals surface area contributed by atoms with Crippen LogP contribution >= 0.6 is 11.8 Å². The molecule has 2 aliphatic rings. The molecule has 2 heterocycles. The second-order valence-corrected chi connectivity index (χ2v) is 9.21. The molecule has 2 aromatic rings. The van der Waals surface area contributed by atoms with Gasteiger partial charge in [0.25, 0.3) is 5.91 Å². The number of esters is 1. The number of rotatable bonds is 5. The number of aryl methyl sites for hydroxylation is 1. The molecule has 168 valence electrons. The fraction of sp³-hybridized carbons (Fsp3) is 0.400. The van der Waals surface area contributed by atoms with Gasteiger partial charge in [-0.05, 0) is 56.0 Å².